The molecular weight excluding hydrogens is 212 g/mol. The molecule has 0 spiro atoms. The van der Waals surface area contributed by atoms with Gasteiger partial charge in [0.25, 0.3) is 0 Å². The van der Waals surface area contributed by atoms with Gasteiger partial charge >= 0.3 is 0 Å². The minimum atomic E-state index is -0.428. The van der Waals surface area contributed by atoms with Gasteiger partial charge in [-0.1, -0.05) is 42.6 Å². The van der Waals surface area contributed by atoms with Gasteiger partial charge in [-0.15, -0.1) is 6.58 Å². The topological polar surface area (TPSA) is 20.2 Å². The fourth-order valence-electron chi connectivity index (χ4n) is 1.87. The average molecular weight is 233 g/mol. The minimum absolute atomic E-state index is 0.281. The second-order valence-corrected chi connectivity index (χ2v) is 6.85. The summed E-state index contributed by atoms with van der Waals surface area (Å²) in [6.07, 6.45) is 4.76. The van der Waals surface area contributed by atoms with Crippen LogP contribution in [0.2, 0.25) is 13.1 Å². The fraction of sp³-hybridized carbons (Fsp3) is 0.429. The van der Waals surface area contributed by atoms with Crippen molar-refractivity contribution in [2.45, 2.75) is 32.4 Å². The van der Waals surface area contributed by atoms with Gasteiger partial charge in [-0.25, -0.2) is 0 Å². The molecule has 1 nitrogen and oxygen atoms in total. The van der Waals surface area contributed by atoms with E-state index in [4.69, 9.17) is 5.11 Å². The van der Waals surface area contributed by atoms with E-state index in [0.29, 0.717) is 0 Å². The lowest BCUT2D eigenvalue weighted by Gasteiger charge is -2.13. The third-order valence-corrected chi connectivity index (χ3v) is 4.24. The summed E-state index contributed by atoms with van der Waals surface area (Å²) in [5, 5.41) is 10.4. The van der Waals surface area contributed by atoms with Gasteiger partial charge in [-0.05, 0) is 30.4 Å². The molecule has 0 aliphatic heterocycles. The molecule has 1 aromatic rings. The monoisotopic (exact) mass is 233 g/mol. The molecular formula is C14H21OSi. The van der Waals surface area contributed by atoms with Crippen LogP contribution in [0.25, 0.3) is 0 Å². The molecule has 1 rings (SSSR count). The first-order valence-corrected chi connectivity index (χ1v) is 8.33. The van der Waals surface area contributed by atoms with E-state index in [1.165, 1.54) is 16.3 Å². The molecule has 0 aliphatic rings. The van der Waals surface area contributed by atoms with Crippen LogP contribution >= 0.6 is 0 Å². The molecule has 87 valence electrons. The van der Waals surface area contributed by atoms with E-state index in [1.807, 2.05) is 6.08 Å². The summed E-state index contributed by atoms with van der Waals surface area (Å²) in [4.78, 5) is 0. The van der Waals surface area contributed by atoms with E-state index in [-0.39, 0.29) is 6.61 Å². The normalized spacial score (nSPS) is 10.8. The van der Waals surface area contributed by atoms with E-state index in [9.17, 15) is 0 Å². The molecule has 0 unspecified atom stereocenters. The lowest BCUT2D eigenvalue weighted by Crippen LogP contribution is -2.27. The van der Waals surface area contributed by atoms with Crippen LogP contribution in [0.3, 0.4) is 0 Å². The summed E-state index contributed by atoms with van der Waals surface area (Å²) in [5.41, 5.74) is 2.77. The van der Waals surface area contributed by atoms with Crippen LogP contribution in [0.15, 0.2) is 30.9 Å². The standard InChI is InChI=1S/C14H21OSi/c1-4-6-12-8-9-13(7-5-10-15)14(11-12)16(2)3/h4,8-9,11,15H,1,5-7,10H2,2-3H3. The zero-order valence-electron chi connectivity index (χ0n) is 10.3. The summed E-state index contributed by atoms with van der Waals surface area (Å²) in [6, 6.07) is 6.73. The van der Waals surface area contributed by atoms with Gasteiger partial charge in [0.1, 0.15) is 0 Å². The van der Waals surface area contributed by atoms with Crippen LogP contribution < -0.4 is 5.19 Å². The Bertz CT molecular complexity index is 345. The van der Waals surface area contributed by atoms with Crippen LogP contribution in [-0.4, -0.2) is 20.5 Å². The van der Waals surface area contributed by atoms with Gasteiger partial charge < -0.3 is 5.11 Å². The van der Waals surface area contributed by atoms with Crippen molar-refractivity contribution in [3.63, 3.8) is 0 Å². The summed E-state index contributed by atoms with van der Waals surface area (Å²) in [5.74, 6) is 0. The van der Waals surface area contributed by atoms with Crippen LogP contribution in [0.5, 0.6) is 0 Å². The van der Waals surface area contributed by atoms with Gasteiger partial charge in [-0.2, -0.15) is 0 Å². The Kier molecular flexibility index (Phi) is 5.50. The number of benzene rings is 1. The van der Waals surface area contributed by atoms with Gasteiger partial charge in [0, 0.05) is 6.61 Å². The van der Waals surface area contributed by atoms with Crippen molar-refractivity contribution < 1.29 is 5.11 Å². The lowest BCUT2D eigenvalue weighted by atomic mass is 10.1. The van der Waals surface area contributed by atoms with E-state index in [2.05, 4.69) is 37.9 Å². The maximum atomic E-state index is 8.89. The van der Waals surface area contributed by atoms with Crippen LogP contribution in [-0.2, 0) is 12.8 Å². The van der Waals surface area contributed by atoms with E-state index in [0.717, 1.165) is 19.3 Å². The smallest absolute Gasteiger partial charge is 0.0795 e. The second kappa shape index (κ2) is 6.66. The second-order valence-electron chi connectivity index (χ2n) is 4.31. The first-order valence-electron chi connectivity index (χ1n) is 5.83. The van der Waals surface area contributed by atoms with Crippen LogP contribution in [0.4, 0.5) is 0 Å². The highest BCUT2D eigenvalue weighted by Gasteiger charge is 2.08. The van der Waals surface area contributed by atoms with Gasteiger partial charge in [-0.3, -0.25) is 0 Å². The number of aliphatic hydroxyl groups excluding tert-OH is 1. The van der Waals surface area contributed by atoms with Crippen molar-refractivity contribution >= 4 is 14.0 Å². The molecule has 0 aromatic heterocycles. The molecule has 0 fully saturated rings. The Labute approximate surface area is 100 Å². The highest BCUT2D eigenvalue weighted by atomic mass is 28.3. The Morgan fingerprint density at radius 2 is 2.12 bits per heavy atom. The van der Waals surface area contributed by atoms with Crippen molar-refractivity contribution in [3.05, 3.63) is 42.0 Å². The highest BCUT2D eigenvalue weighted by molar-refractivity contribution is 6.71. The Hall–Kier alpha value is -0.863. The molecule has 16 heavy (non-hydrogen) atoms. The molecule has 0 bridgehead atoms. The van der Waals surface area contributed by atoms with Crippen LogP contribution in [0, 0.1) is 0 Å². The molecule has 0 saturated heterocycles. The zero-order valence-corrected chi connectivity index (χ0v) is 11.3. The number of hydrogen-bond donors (Lipinski definition) is 1. The number of aryl methyl sites for hydroxylation is 1. The fourth-order valence-corrected chi connectivity index (χ4v) is 3.19. The Morgan fingerprint density at radius 1 is 1.38 bits per heavy atom. The molecule has 1 radical (unpaired) electrons. The Morgan fingerprint density at radius 3 is 2.69 bits per heavy atom. The van der Waals surface area contributed by atoms with E-state index >= 15 is 0 Å². The van der Waals surface area contributed by atoms with Crippen molar-refractivity contribution in [2.24, 2.45) is 0 Å². The summed E-state index contributed by atoms with van der Waals surface area (Å²) in [7, 11) is -0.428. The average Bonchev–Trinajstić information content (AvgIpc) is 2.27. The molecule has 0 aliphatic carbocycles. The number of rotatable bonds is 6. The predicted molar refractivity (Wildman–Crippen MR) is 72.9 cm³/mol. The highest BCUT2D eigenvalue weighted by Crippen LogP contribution is 2.07. The molecule has 1 aromatic carbocycles. The third kappa shape index (κ3) is 3.61. The molecule has 1 N–H and O–H groups in total. The first-order chi connectivity index (χ1) is 7.69. The molecule has 0 heterocycles. The van der Waals surface area contributed by atoms with Crippen molar-refractivity contribution in [2.75, 3.05) is 6.61 Å². The SMILES string of the molecule is C=CCc1ccc(CCCO)c([Si](C)C)c1. The minimum Gasteiger partial charge on any atom is -0.396 e. The van der Waals surface area contributed by atoms with Gasteiger partial charge in [0.05, 0.1) is 8.80 Å². The first kappa shape index (κ1) is 13.2. The summed E-state index contributed by atoms with van der Waals surface area (Å²) >= 11 is 0. The van der Waals surface area contributed by atoms with E-state index < -0.39 is 8.80 Å². The number of aliphatic hydroxyl groups is 1. The van der Waals surface area contributed by atoms with Gasteiger partial charge in [0.15, 0.2) is 0 Å². The van der Waals surface area contributed by atoms with Crippen molar-refractivity contribution in [3.8, 4) is 0 Å². The zero-order chi connectivity index (χ0) is 12.0. The van der Waals surface area contributed by atoms with Crippen molar-refractivity contribution in [1.82, 2.24) is 0 Å². The van der Waals surface area contributed by atoms with Crippen LogP contribution in [0.1, 0.15) is 17.5 Å². The maximum Gasteiger partial charge on any atom is 0.0795 e. The number of hydrogen-bond acceptors (Lipinski definition) is 1. The van der Waals surface area contributed by atoms with Crippen molar-refractivity contribution in [1.29, 1.82) is 0 Å². The predicted octanol–water partition coefficient (Wildman–Crippen LogP) is 2.30. The largest absolute Gasteiger partial charge is 0.396 e. The third-order valence-electron chi connectivity index (χ3n) is 2.70. The summed E-state index contributed by atoms with van der Waals surface area (Å²) < 4.78 is 0. The summed E-state index contributed by atoms with van der Waals surface area (Å²) in [6.45, 7) is 8.70. The molecule has 2 heteroatoms. The quantitative estimate of drug-likeness (QED) is 0.590. The molecule has 0 saturated carbocycles. The molecule has 0 amide bonds. The van der Waals surface area contributed by atoms with E-state index in [1.54, 1.807) is 0 Å². The van der Waals surface area contributed by atoms with Gasteiger partial charge in [0.2, 0.25) is 0 Å². The Balaban J connectivity index is 2.94. The maximum absolute atomic E-state index is 8.89. The number of allylic oxidation sites excluding steroid dienone is 1. The molecule has 0 atom stereocenters. The lowest BCUT2D eigenvalue weighted by molar-refractivity contribution is 0.288.